The van der Waals surface area contributed by atoms with Gasteiger partial charge < -0.3 is 14.5 Å². The van der Waals surface area contributed by atoms with Crippen LogP contribution in [0.15, 0.2) is 10.6 Å². The summed E-state index contributed by atoms with van der Waals surface area (Å²) in [6.45, 7) is 8.01. The van der Waals surface area contributed by atoms with Crippen molar-refractivity contribution >= 4 is 23.0 Å². The van der Waals surface area contributed by atoms with Gasteiger partial charge in [0, 0.05) is 18.2 Å². The number of carboxylic acid groups (broad SMARTS) is 1. The summed E-state index contributed by atoms with van der Waals surface area (Å²) in [5, 5.41) is 13.9. The van der Waals surface area contributed by atoms with Crippen LogP contribution in [0.1, 0.15) is 68.2 Å². The Morgan fingerprint density at radius 2 is 2.04 bits per heavy atom. The number of carbonyl (C=O) groups is 2. The summed E-state index contributed by atoms with van der Waals surface area (Å²) < 4.78 is 5.45. The zero-order valence-electron chi connectivity index (χ0n) is 15.7. The summed E-state index contributed by atoms with van der Waals surface area (Å²) in [4.78, 5) is 30.1. The summed E-state index contributed by atoms with van der Waals surface area (Å²) in [5.41, 5.74) is 2.29. The first-order chi connectivity index (χ1) is 12.2. The van der Waals surface area contributed by atoms with Crippen LogP contribution in [0.3, 0.4) is 0 Å². The minimum absolute atomic E-state index is 0.0369. The summed E-state index contributed by atoms with van der Waals surface area (Å²) in [6, 6.07) is 1.80. The average Bonchev–Trinajstić information content (AvgIpc) is 3.33. The van der Waals surface area contributed by atoms with E-state index < -0.39 is 5.97 Å². The SMILES string of the molecule is CCN(CC(=O)O)C(=O)c1cc(C2CC2)nc2onc(CC(C)(C)C)c12. The third-order valence-corrected chi connectivity index (χ3v) is 4.46. The van der Waals surface area contributed by atoms with Crippen LogP contribution in [0.25, 0.3) is 11.1 Å². The number of hydrogen-bond acceptors (Lipinski definition) is 5. The molecule has 1 saturated carbocycles. The summed E-state index contributed by atoms with van der Waals surface area (Å²) in [5.74, 6) is -1.01. The molecular weight excluding hydrogens is 334 g/mol. The maximum atomic E-state index is 13.1. The summed E-state index contributed by atoms with van der Waals surface area (Å²) in [7, 11) is 0. The molecule has 0 unspecified atom stereocenters. The number of aromatic nitrogens is 2. The van der Waals surface area contributed by atoms with Crippen LogP contribution in [-0.4, -0.2) is 45.1 Å². The molecule has 0 aliphatic heterocycles. The van der Waals surface area contributed by atoms with E-state index >= 15 is 0 Å². The van der Waals surface area contributed by atoms with Crippen LogP contribution in [-0.2, 0) is 11.2 Å². The number of fused-ring (bicyclic) bond motifs is 1. The lowest BCUT2D eigenvalue weighted by Crippen LogP contribution is -2.35. The molecule has 0 aromatic carbocycles. The van der Waals surface area contributed by atoms with Gasteiger partial charge in [-0.15, -0.1) is 0 Å². The van der Waals surface area contributed by atoms with E-state index in [4.69, 9.17) is 9.63 Å². The monoisotopic (exact) mass is 359 g/mol. The summed E-state index contributed by atoms with van der Waals surface area (Å²) in [6.07, 6.45) is 2.72. The Morgan fingerprint density at radius 1 is 1.35 bits per heavy atom. The Hall–Kier alpha value is -2.44. The number of amides is 1. The molecule has 2 aromatic rings. The lowest BCUT2D eigenvalue weighted by Gasteiger charge is -2.20. The fraction of sp³-hybridized carbons (Fsp3) is 0.579. The number of rotatable bonds is 6. The highest BCUT2D eigenvalue weighted by atomic mass is 16.5. The van der Waals surface area contributed by atoms with Crippen molar-refractivity contribution in [2.45, 2.75) is 52.9 Å². The maximum absolute atomic E-state index is 13.1. The number of nitrogens with zero attached hydrogens (tertiary/aromatic N) is 3. The van der Waals surface area contributed by atoms with Gasteiger partial charge in [0.1, 0.15) is 6.54 Å². The third-order valence-electron chi connectivity index (χ3n) is 4.46. The number of hydrogen-bond donors (Lipinski definition) is 1. The average molecular weight is 359 g/mol. The fourth-order valence-electron chi connectivity index (χ4n) is 3.07. The van der Waals surface area contributed by atoms with Crippen LogP contribution in [0.2, 0.25) is 0 Å². The molecule has 1 amide bonds. The highest BCUT2D eigenvalue weighted by molar-refractivity contribution is 6.06. The first-order valence-electron chi connectivity index (χ1n) is 9.00. The van der Waals surface area contributed by atoms with Gasteiger partial charge in [-0.2, -0.15) is 0 Å². The van der Waals surface area contributed by atoms with Crippen molar-refractivity contribution in [3.63, 3.8) is 0 Å². The van der Waals surface area contributed by atoms with E-state index in [0.29, 0.717) is 41.2 Å². The van der Waals surface area contributed by atoms with E-state index in [-0.39, 0.29) is 17.9 Å². The van der Waals surface area contributed by atoms with E-state index in [0.717, 1.165) is 18.5 Å². The van der Waals surface area contributed by atoms with Gasteiger partial charge >= 0.3 is 5.97 Å². The van der Waals surface area contributed by atoms with Crippen LogP contribution >= 0.6 is 0 Å². The van der Waals surface area contributed by atoms with Crippen LogP contribution in [0.4, 0.5) is 0 Å². The molecule has 0 bridgehead atoms. The number of pyridine rings is 1. The van der Waals surface area contributed by atoms with Crippen LogP contribution < -0.4 is 0 Å². The first kappa shape index (κ1) is 18.4. The van der Waals surface area contributed by atoms with Crippen LogP contribution in [0, 0.1) is 5.41 Å². The quantitative estimate of drug-likeness (QED) is 0.850. The number of carboxylic acids is 1. The van der Waals surface area contributed by atoms with Crippen molar-refractivity contribution in [2.75, 3.05) is 13.1 Å². The second-order valence-corrected chi connectivity index (χ2v) is 8.13. The van der Waals surface area contributed by atoms with Gasteiger partial charge in [0.15, 0.2) is 0 Å². The number of likely N-dealkylation sites (N-methyl/N-ethyl adjacent to an activating group) is 1. The van der Waals surface area contributed by atoms with E-state index in [9.17, 15) is 9.59 Å². The maximum Gasteiger partial charge on any atom is 0.323 e. The topological polar surface area (TPSA) is 96.5 Å². The van der Waals surface area contributed by atoms with E-state index in [1.165, 1.54) is 4.90 Å². The molecule has 7 nitrogen and oxygen atoms in total. The highest BCUT2D eigenvalue weighted by Crippen LogP contribution is 2.41. The second-order valence-electron chi connectivity index (χ2n) is 8.13. The predicted molar refractivity (Wildman–Crippen MR) is 96.2 cm³/mol. The Balaban J connectivity index is 2.11. The molecule has 1 aliphatic carbocycles. The van der Waals surface area contributed by atoms with Gasteiger partial charge in [-0.1, -0.05) is 25.9 Å². The highest BCUT2D eigenvalue weighted by Gasteiger charge is 2.31. The van der Waals surface area contributed by atoms with Crippen LogP contribution in [0.5, 0.6) is 0 Å². The second kappa shape index (κ2) is 6.70. The zero-order chi connectivity index (χ0) is 19.1. The van der Waals surface area contributed by atoms with Crippen molar-refractivity contribution < 1.29 is 19.2 Å². The third kappa shape index (κ3) is 3.86. The molecule has 0 saturated heterocycles. The normalized spacial score (nSPS) is 14.6. The van der Waals surface area contributed by atoms with Crippen molar-refractivity contribution in [3.05, 3.63) is 23.0 Å². The molecule has 2 aromatic heterocycles. The number of aliphatic carboxylic acids is 1. The smallest absolute Gasteiger partial charge is 0.323 e. The van der Waals surface area contributed by atoms with E-state index in [2.05, 4.69) is 30.9 Å². The molecule has 140 valence electrons. The molecule has 2 heterocycles. The molecular formula is C19H25N3O4. The Kier molecular flexibility index (Phi) is 4.73. The van der Waals surface area contributed by atoms with Gasteiger partial charge in [-0.3, -0.25) is 9.59 Å². The molecule has 0 radical (unpaired) electrons. The minimum Gasteiger partial charge on any atom is -0.480 e. The Morgan fingerprint density at radius 3 is 2.58 bits per heavy atom. The molecule has 1 N–H and O–H groups in total. The largest absolute Gasteiger partial charge is 0.480 e. The Bertz CT molecular complexity index is 846. The minimum atomic E-state index is -1.03. The lowest BCUT2D eigenvalue weighted by molar-refractivity contribution is -0.137. The lowest BCUT2D eigenvalue weighted by atomic mass is 9.89. The first-order valence-corrected chi connectivity index (χ1v) is 9.00. The van der Waals surface area contributed by atoms with Gasteiger partial charge in [-0.25, -0.2) is 4.98 Å². The summed E-state index contributed by atoms with van der Waals surface area (Å²) >= 11 is 0. The van der Waals surface area contributed by atoms with Gasteiger partial charge in [-0.05, 0) is 37.7 Å². The molecule has 26 heavy (non-hydrogen) atoms. The van der Waals surface area contributed by atoms with Crippen molar-refractivity contribution in [3.8, 4) is 0 Å². The molecule has 7 heteroatoms. The molecule has 1 fully saturated rings. The number of carbonyl (C=O) groups excluding carboxylic acids is 1. The fourth-order valence-corrected chi connectivity index (χ4v) is 3.07. The molecule has 3 rings (SSSR count). The van der Waals surface area contributed by atoms with E-state index in [1.807, 2.05) is 0 Å². The molecule has 0 spiro atoms. The van der Waals surface area contributed by atoms with Crippen molar-refractivity contribution in [1.29, 1.82) is 0 Å². The molecule has 1 aliphatic rings. The molecule has 0 atom stereocenters. The zero-order valence-corrected chi connectivity index (χ0v) is 15.7. The van der Waals surface area contributed by atoms with Crippen molar-refractivity contribution in [1.82, 2.24) is 15.0 Å². The van der Waals surface area contributed by atoms with Gasteiger partial charge in [0.05, 0.1) is 16.6 Å². The van der Waals surface area contributed by atoms with E-state index in [1.54, 1.807) is 13.0 Å². The standard InChI is InChI=1S/C19H25N3O4/c1-5-22(10-15(23)24)18(25)12-8-13(11-6-7-11)20-17-16(12)14(21-26-17)9-19(2,3)4/h8,11H,5-7,9-10H2,1-4H3,(H,23,24). The van der Waals surface area contributed by atoms with Crippen molar-refractivity contribution in [2.24, 2.45) is 5.41 Å². The van der Waals surface area contributed by atoms with Gasteiger partial charge in [0.25, 0.3) is 11.6 Å². The Labute approximate surface area is 152 Å². The van der Waals surface area contributed by atoms with Gasteiger partial charge in [0.2, 0.25) is 0 Å². The predicted octanol–water partition coefficient (Wildman–Crippen LogP) is 3.24.